The smallest absolute Gasteiger partial charge is 0.408 e. The molecule has 2 unspecified atom stereocenters. The van der Waals surface area contributed by atoms with E-state index in [4.69, 9.17) is 27.9 Å². The molecule has 30 heavy (non-hydrogen) atoms. The average Bonchev–Trinajstić information content (AvgIpc) is 3.04. The Labute approximate surface area is 189 Å². The van der Waals surface area contributed by atoms with E-state index in [1.54, 1.807) is 43.9 Å². The molecule has 8 nitrogen and oxygen atoms in total. The lowest BCUT2D eigenvalue weighted by molar-refractivity contribution is -0.117. The van der Waals surface area contributed by atoms with Crippen LogP contribution in [0.4, 0.5) is 10.5 Å². The molecule has 2 atom stereocenters. The normalized spacial score (nSPS) is 24.0. The molecular formula is C18H21Cl2N3O5S2. The number of carbonyl (C=O) groups is 2. The zero-order valence-corrected chi connectivity index (χ0v) is 19.7. The Balaban J connectivity index is 1.83. The summed E-state index contributed by atoms with van der Waals surface area (Å²) in [6.45, 7) is 4.78. The Morgan fingerprint density at radius 1 is 1.30 bits per heavy atom. The predicted molar refractivity (Wildman–Crippen MR) is 119 cm³/mol. The maximum absolute atomic E-state index is 12.4. The third kappa shape index (κ3) is 5.60. The van der Waals surface area contributed by atoms with Crippen molar-refractivity contribution in [3.8, 4) is 0 Å². The molecule has 0 radical (unpaired) electrons. The van der Waals surface area contributed by atoms with Gasteiger partial charge in [0.15, 0.2) is 15.0 Å². The minimum absolute atomic E-state index is 0.0135. The zero-order chi connectivity index (χ0) is 22.3. The summed E-state index contributed by atoms with van der Waals surface area (Å²) >= 11 is 13.6. The number of amides is 2. The van der Waals surface area contributed by atoms with E-state index < -0.39 is 33.5 Å². The van der Waals surface area contributed by atoms with Crippen molar-refractivity contribution in [3.63, 3.8) is 0 Å². The van der Waals surface area contributed by atoms with Crippen LogP contribution in [0.5, 0.6) is 0 Å². The van der Waals surface area contributed by atoms with Gasteiger partial charge in [0.1, 0.15) is 12.1 Å². The summed E-state index contributed by atoms with van der Waals surface area (Å²) in [5, 5.41) is 3.18. The number of nitrogens with zero attached hydrogens (tertiary/aromatic N) is 2. The first-order valence-electron chi connectivity index (χ1n) is 9.04. The van der Waals surface area contributed by atoms with Gasteiger partial charge in [0.2, 0.25) is 0 Å². The Hall–Kier alpha value is -1.49. The fraction of sp³-hybridized carbons (Fsp3) is 0.500. The van der Waals surface area contributed by atoms with E-state index in [0.717, 1.165) is 0 Å². The average molecular weight is 494 g/mol. The largest absolute Gasteiger partial charge is 0.444 e. The molecule has 2 aliphatic heterocycles. The van der Waals surface area contributed by atoms with E-state index in [1.807, 2.05) is 0 Å². The molecule has 12 heteroatoms. The summed E-state index contributed by atoms with van der Waals surface area (Å²) in [4.78, 5) is 29.9. The lowest BCUT2D eigenvalue weighted by atomic mass is 10.2. The molecule has 164 valence electrons. The molecule has 0 saturated carbocycles. The number of halogens is 2. The number of benzene rings is 1. The lowest BCUT2D eigenvalue weighted by Gasteiger charge is -2.25. The highest BCUT2D eigenvalue weighted by atomic mass is 35.5. The molecule has 2 fully saturated rings. The first-order valence-corrected chi connectivity index (χ1v) is 12.5. The van der Waals surface area contributed by atoms with E-state index in [1.165, 1.54) is 11.8 Å². The standard InChI is InChI=1S/C18H21Cl2N3O5S2/c1-18(2,3)28-17(25)21-7-15(24)22-16-23(12-6-10(19)4-5-11(12)20)13-8-30(26,27)9-14(13)29-16/h4-6,13-14H,7-9H2,1-3H3,(H,21,25). The summed E-state index contributed by atoms with van der Waals surface area (Å²) in [7, 11) is -3.21. The van der Waals surface area contributed by atoms with Crippen LogP contribution in [0.3, 0.4) is 0 Å². The number of ether oxygens (including phenoxy) is 1. The van der Waals surface area contributed by atoms with Crippen molar-refractivity contribution >= 4 is 67.7 Å². The second-order valence-corrected chi connectivity index (χ2v) is 12.1. The van der Waals surface area contributed by atoms with Gasteiger partial charge in [0.05, 0.1) is 28.3 Å². The minimum atomic E-state index is -3.21. The number of anilines is 1. The van der Waals surface area contributed by atoms with Gasteiger partial charge < -0.3 is 15.0 Å². The Morgan fingerprint density at radius 2 is 2.00 bits per heavy atom. The van der Waals surface area contributed by atoms with Crippen molar-refractivity contribution in [1.29, 1.82) is 0 Å². The van der Waals surface area contributed by atoms with Crippen molar-refractivity contribution in [1.82, 2.24) is 5.32 Å². The van der Waals surface area contributed by atoms with Crippen molar-refractivity contribution in [2.24, 2.45) is 4.99 Å². The first kappa shape index (κ1) is 23.2. The van der Waals surface area contributed by atoms with E-state index in [9.17, 15) is 18.0 Å². The topological polar surface area (TPSA) is 105 Å². The van der Waals surface area contributed by atoms with Crippen LogP contribution < -0.4 is 10.2 Å². The highest BCUT2D eigenvalue weighted by Crippen LogP contribution is 2.43. The van der Waals surface area contributed by atoms with Crippen molar-refractivity contribution in [2.75, 3.05) is 23.0 Å². The number of thioether (sulfide) groups is 1. The van der Waals surface area contributed by atoms with Crippen LogP contribution in [0, 0.1) is 0 Å². The predicted octanol–water partition coefficient (Wildman–Crippen LogP) is 3.12. The molecule has 2 amide bonds. The van der Waals surface area contributed by atoms with Gasteiger partial charge in [-0.3, -0.25) is 4.79 Å². The highest BCUT2D eigenvalue weighted by Gasteiger charge is 2.49. The Kier molecular flexibility index (Phi) is 6.62. The second kappa shape index (κ2) is 8.57. The number of rotatable bonds is 3. The fourth-order valence-electron chi connectivity index (χ4n) is 3.12. The molecule has 2 heterocycles. The van der Waals surface area contributed by atoms with Gasteiger partial charge in [0, 0.05) is 10.3 Å². The molecule has 0 bridgehead atoms. The van der Waals surface area contributed by atoms with Gasteiger partial charge in [-0.25, -0.2) is 13.2 Å². The molecule has 3 rings (SSSR count). The van der Waals surface area contributed by atoms with Gasteiger partial charge >= 0.3 is 6.09 Å². The number of fused-ring (bicyclic) bond motifs is 1. The molecule has 0 aromatic heterocycles. The molecule has 1 aromatic rings. The van der Waals surface area contributed by atoms with Crippen LogP contribution in [0.1, 0.15) is 20.8 Å². The van der Waals surface area contributed by atoms with Crippen LogP contribution in [0.25, 0.3) is 0 Å². The number of alkyl carbamates (subject to hydrolysis) is 1. The van der Waals surface area contributed by atoms with Gasteiger partial charge in [-0.1, -0.05) is 35.0 Å². The lowest BCUT2D eigenvalue weighted by Crippen LogP contribution is -2.39. The monoisotopic (exact) mass is 493 g/mol. The van der Waals surface area contributed by atoms with Crippen LogP contribution in [0.15, 0.2) is 23.2 Å². The van der Waals surface area contributed by atoms with E-state index in [0.29, 0.717) is 20.9 Å². The first-order chi connectivity index (χ1) is 13.8. The van der Waals surface area contributed by atoms with Gasteiger partial charge in [-0.05, 0) is 39.0 Å². The highest BCUT2D eigenvalue weighted by molar-refractivity contribution is 8.16. The summed E-state index contributed by atoms with van der Waals surface area (Å²) in [5.74, 6) is -0.689. The van der Waals surface area contributed by atoms with E-state index in [-0.39, 0.29) is 23.3 Å². The maximum atomic E-state index is 12.4. The summed E-state index contributed by atoms with van der Waals surface area (Å²) in [5.41, 5.74) is -0.212. The van der Waals surface area contributed by atoms with Crippen molar-refractivity contribution in [3.05, 3.63) is 28.2 Å². The van der Waals surface area contributed by atoms with Crippen molar-refractivity contribution in [2.45, 2.75) is 37.7 Å². The number of amidine groups is 1. The molecule has 2 aliphatic rings. The van der Waals surface area contributed by atoms with Gasteiger partial charge in [0.25, 0.3) is 5.91 Å². The number of nitrogens with one attached hydrogen (secondary N) is 1. The molecule has 2 saturated heterocycles. The summed E-state index contributed by atoms with van der Waals surface area (Å²) < 4.78 is 29.3. The van der Waals surface area contributed by atoms with Crippen molar-refractivity contribution < 1.29 is 22.7 Å². The number of carbonyl (C=O) groups excluding carboxylic acids is 2. The number of hydrogen-bond donors (Lipinski definition) is 1. The third-order valence-corrected chi connectivity index (χ3v) is 8.00. The van der Waals surface area contributed by atoms with Crippen LogP contribution in [-0.2, 0) is 19.4 Å². The summed E-state index contributed by atoms with van der Waals surface area (Å²) in [6, 6.07) is 4.41. The molecule has 1 N–H and O–H groups in total. The molecule has 1 aromatic carbocycles. The second-order valence-electron chi connectivity index (χ2n) is 7.91. The quantitative estimate of drug-likeness (QED) is 0.689. The Bertz CT molecular complexity index is 1010. The van der Waals surface area contributed by atoms with Crippen LogP contribution >= 0.6 is 35.0 Å². The van der Waals surface area contributed by atoms with Crippen LogP contribution in [-0.4, -0.2) is 60.5 Å². The number of sulfone groups is 1. The van der Waals surface area contributed by atoms with Gasteiger partial charge in [-0.2, -0.15) is 4.99 Å². The van der Waals surface area contributed by atoms with E-state index >= 15 is 0 Å². The number of hydrogen-bond acceptors (Lipinski definition) is 6. The SMILES string of the molecule is CC(C)(C)OC(=O)NCC(=O)N=C1SC2CS(=O)(=O)CC2N1c1cc(Cl)ccc1Cl. The van der Waals surface area contributed by atoms with Crippen LogP contribution in [0.2, 0.25) is 10.0 Å². The molecular weight excluding hydrogens is 473 g/mol. The third-order valence-electron chi connectivity index (χ3n) is 4.24. The summed E-state index contributed by atoms with van der Waals surface area (Å²) in [6.07, 6.45) is -0.729. The number of aliphatic imine (C=N–C) groups is 1. The molecule has 0 aliphatic carbocycles. The fourth-order valence-corrected chi connectivity index (χ4v) is 7.42. The van der Waals surface area contributed by atoms with E-state index in [2.05, 4.69) is 10.3 Å². The van der Waals surface area contributed by atoms with Gasteiger partial charge in [-0.15, -0.1) is 0 Å². The zero-order valence-electron chi connectivity index (χ0n) is 16.5. The Morgan fingerprint density at radius 3 is 2.67 bits per heavy atom. The maximum Gasteiger partial charge on any atom is 0.408 e. The molecule has 0 spiro atoms. The minimum Gasteiger partial charge on any atom is -0.444 e.